The average Bonchev–Trinajstić information content (AvgIpc) is 2.74. The van der Waals surface area contributed by atoms with E-state index in [2.05, 4.69) is 48.1 Å². The molecule has 0 bridgehead atoms. The molecule has 1 aliphatic heterocycles. The number of hydrogen-bond acceptors (Lipinski definition) is 4. The first-order valence-electron chi connectivity index (χ1n) is 7.35. The van der Waals surface area contributed by atoms with Gasteiger partial charge in [0, 0.05) is 19.1 Å². The van der Waals surface area contributed by atoms with Gasteiger partial charge in [0.05, 0.1) is 6.54 Å². The molecule has 1 aromatic rings. The second-order valence-corrected chi connectivity index (χ2v) is 6.27. The maximum absolute atomic E-state index is 4.37. The molecular formula is C14H27N5. The molecule has 1 aliphatic rings. The molecule has 2 rings (SSSR count). The van der Waals surface area contributed by atoms with Crippen LogP contribution >= 0.6 is 0 Å². The maximum atomic E-state index is 4.37. The van der Waals surface area contributed by atoms with Gasteiger partial charge in [0.25, 0.3) is 0 Å². The van der Waals surface area contributed by atoms with E-state index >= 15 is 0 Å². The number of nitrogens with one attached hydrogen (secondary N) is 1. The summed E-state index contributed by atoms with van der Waals surface area (Å²) in [5.41, 5.74) is 0. The van der Waals surface area contributed by atoms with Crippen molar-refractivity contribution in [1.82, 2.24) is 25.0 Å². The van der Waals surface area contributed by atoms with E-state index < -0.39 is 0 Å². The van der Waals surface area contributed by atoms with E-state index in [1.807, 2.05) is 4.68 Å². The molecule has 5 heteroatoms. The van der Waals surface area contributed by atoms with Gasteiger partial charge >= 0.3 is 0 Å². The summed E-state index contributed by atoms with van der Waals surface area (Å²) in [7, 11) is 2.20. The van der Waals surface area contributed by atoms with Crippen LogP contribution in [0.25, 0.3) is 0 Å². The summed E-state index contributed by atoms with van der Waals surface area (Å²) in [5, 5.41) is 7.97. The first kappa shape index (κ1) is 14.5. The molecular weight excluding hydrogens is 238 g/mol. The highest BCUT2D eigenvalue weighted by Gasteiger charge is 2.23. The van der Waals surface area contributed by atoms with E-state index in [9.17, 15) is 0 Å². The second-order valence-electron chi connectivity index (χ2n) is 6.27. The first-order chi connectivity index (χ1) is 9.06. The van der Waals surface area contributed by atoms with Gasteiger partial charge in [0.15, 0.2) is 0 Å². The molecule has 19 heavy (non-hydrogen) atoms. The Bertz CT molecular complexity index is 387. The van der Waals surface area contributed by atoms with Crippen LogP contribution in [0.15, 0.2) is 6.33 Å². The van der Waals surface area contributed by atoms with Gasteiger partial charge in [-0.2, -0.15) is 5.10 Å². The quantitative estimate of drug-likeness (QED) is 0.873. The molecule has 0 amide bonds. The number of rotatable bonds is 5. The Morgan fingerprint density at radius 1 is 1.47 bits per heavy atom. The average molecular weight is 265 g/mol. The number of hydrogen-bond donors (Lipinski definition) is 1. The van der Waals surface area contributed by atoms with Gasteiger partial charge < -0.3 is 10.2 Å². The predicted octanol–water partition coefficient (Wildman–Crippen LogP) is 1.36. The number of piperidine rings is 1. The molecule has 2 heterocycles. The molecule has 0 aromatic carbocycles. The van der Waals surface area contributed by atoms with E-state index in [4.69, 9.17) is 0 Å². The zero-order valence-electron chi connectivity index (χ0n) is 12.6. The van der Waals surface area contributed by atoms with Crippen LogP contribution in [0.4, 0.5) is 0 Å². The molecule has 0 spiro atoms. The van der Waals surface area contributed by atoms with Crippen molar-refractivity contribution in [2.45, 2.75) is 46.3 Å². The lowest BCUT2D eigenvalue weighted by molar-refractivity contribution is 0.173. The van der Waals surface area contributed by atoms with Gasteiger partial charge in [-0.1, -0.05) is 20.8 Å². The van der Waals surface area contributed by atoms with Gasteiger partial charge in [-0.25, -0.2) is 9.67 Å². The molecule has 1 fully saturated rings. The number of aromatic nitrogens is 3. The third kappa shape index (κ3) is 4.01. The largest absolute Gasteiger partial charge is 0.307 e. The van der Waals surface area contributed by atoms with Crippen LogP contribution in [-0.4, -0.2) is 45.8 Å². The molecule has 0 aliphatic carbocycles. The van der Waals surface area contributed by atoms with Crippen LogP contribution in [0.2, 0.25) is 0 Å². The van der Waals surface area contributed by atoms with Gasteiger partial charge in [-0.3, -0.25) is 0 Å². The van der Waals surface area contributed by atoms with E-state index in [-0.39, 0.29) is 0 Å². The molecule has 5 nitrogen and oxygen atoms in total. The van der Waals surface area contributed by atoms with Crippen molar-refractivity contribution in [2.75, 3.05) is 20.1 Å². The van der Waals surface area contributed by atoms with Crippen LogP contribution in [0.1, 0.15) is 33.0 Å². The second kappa shape index (κ2) is 6.48. The van der Waals surface area contributed by atoms with Gasteiger partial charge in [-0.05, 0) is 31.8 Å². The van der Waals surface area contributed by atoms with Crippen molar-refractivity contribution in [2.24, 2.45) is 11.8 Å². The fourth-order valence-electron chi connectivity index (χ4n) is 2.80. The van der Waals surface area contributed by atoms with Gasteiger partial charge in [0.1, 0.15) is 12.2 Å². The minimum atomic E-state index is 0.598. The zero-order chi connectivity index (χ0) is 13.8. The Morgan fingerprint density at radius 2 is 2.26 bits per heavy atom. The lowest BCUT2D eigenvalue weighted by atomic mass is 9.94. The molecule has 2 atom stereocenters. The highest BCUT2D eigenvalue weighted by molar-refractivity contribution is 4.88. The van der Waals surface area contributed by atoms with Crippen molar-refractivity contribution >= 4 is 0 Å². The topological polar surface area (TPSA) is 46.0 Å². The highest BCUT2D eigenvalue weighted by atomic mass is 15.3. The molecule has 108 valence electrons. The molecule has 1 N–H and O–H groups in total. The fourth-order valence-corrected chi connectivity index (χ4v) is 2.80. The number of likely N-dealkylation sites (tertiary alicyclic amines) is 1. The smallest absolute Gasteiger partial charge is 0.140 e. The van der Waals surface area contributed by atoms with Crippen LogP contribution in [0, 0.1) is 11.8 Å². The molecule has 2 unspecified atom stereocenters. The summed E-state index contributed by atoms with van der Waals surface area (Å²) in [6.07, 6.45) is 2.88. The van der Waals surface area contributed by atoms with Gasteiger partial charge in [0.2, 0.25) is 0 Å². The molecule has 0 radical (unpaired) electrons. The van der Waals surface area contributed by atoms with Crippen molar-refractivity contribution in [3.63, 3.8) is 0 Å². The Kier molecular flexibility index (Phi) is 4.93. The van der Waals surface area contributed by atoms with Gasteiger partial charge in [-0.15, -0.1) is 0 Å². The van der Waals surface area contributed by atoms with E-state index in [1.54, 1.807) is 6.33 Å². The Labute approximate surface area is 116 Å². The highest BCUT2D eigenvalue weighted by Crippen LogP contribution is 2.15. The Morgan fingerprint density at radius 3 is 2.95 bits per heavy atom. The van der Waals surface area contributed by atoms with Crippen LogP contribution < -0.4 is 5.32 Å². The van der Waals surface area contributed by atoms with Crippen LogP contribution in [0.3, 0.4) is 0 Å². The molecule has 0 saturated carbocycles. The van der Waals surface area contributed by atoms with Crippen LogP contribution in [-0.2, 0) is 13.1 Å². The summed E-state index contributed by atoms with van der Waals surface area (Å²) in [6.45, 7) is 10.9. The zero-order valence-corrected chi connectivity index (χ0v) is 12.6. The minimum absolute atomic E-state index is 0.598. The molecule has 1 saturated heterocycles. The van der Waals surface area contributed by atoms with Crippen molar-refractivity contribution in [3.8, 4) is 0 Å². The SMILES string of the molecule is CC(C)Cn1ncnc1CNC1CCN(C)CC1C. The minimum Gasteiger partial charge on any atom is -0.307 e. The number of nitrogens with zero attached hydrogens (tertiary/aromatic N) is 4. The molecule has 1 aromatic heterocycles. The van der Waals surface area contributed by atoms with E-state index in [1.165, 1.54) is 19.5 Å². The lowest BCUT2D eigenvalue weighted by Crippen LogP contribution is -2.46. The predicted molar refractivity (Wildman–Crippen MR) is 76.8 cm³/mol. The Balaban J connectivity index is 1.86. The summed E-state index contributed by atoms with van der Waals surface area (Å²) in [6, 6.07) is 0.598. The Hall–Kier alpha value is -0.940. The maximum Gasteiger partial charge on any atom is 0.140 e. The summed E-state index contributed by atoms with van der Waals surface area (Å²) < 4.78 is 2.03. The monoisotopic (exact) mass is 265 g/mol. The standard InChI is InChI=1S/C14H27N5/c1-11(2)8-19-14(16-10-17-19)7-15-13-5-6-18(4)9-12(13)3/h10-13,15H,5-9H2,1-4H3. The first-order valence-corrected chi connectivity index (χ1v) is 7.35. The lowest BCUT2D eigenvalue weighted by Gasteiger charge is -2.35. The van der Waals surface area contributed by atoms with Crippen molar-refractivity contribution in [3.05, 3.63) is 12.2 Å². The van der Waals surface area contributed by atoms with E-state index in [0.717, 1.165) is 18.9 Å². The summed E-state index contributed by atoms with van der Waals surface area (Å²) in [4.78, 5) is 6.78. The van der Waals surface area contributed by atoms with Crippen molar-refractivity contribution in [1.29, 1.82) is 0 Å². The third-order valence-electron chi connectivity index (χ3n) is 3.86. The normalized spacial score (nSPS) is 25.1. The summed E-state index contributed by atoms with van der Waals surface area (Å²) >= 11 is 0. The summed E-state index contributed by atoms with van der Waals surface area (Å²) in [5.74, 6) is 2.35. The third-order valence-corrected chi connectivity index (χ3v) is 3.86. The fraction of sp³-hybridized carbons (Fsp3) is 0.857. The van der Waals surface area contributed by atoms with E-state index in [0.29, 0.717) is 17.9 Å². The van der Waals surface area contributed by atoms with Crippen molar-refractivity contribution < 1.29 is 0 Å². The van der Waals surface area contributed by atoms with Crippen LogP contribution in [0.5, 0.6) is 0 Å².